The molecule has 0 aliphatic heterocycles. The number of hydrogen-bond donors (Lipinski definition) is 1. The lowest BCUT2D eigenvalue weighted by molar-refractivity contribution is -0.136. The summed E-state index contributed by atoms with van der Waals surface area (Å²) in [5.41, 5.74) is 6.24. The van der Waals surface area contributed by atoms with Crippen LogP contribution < -0.4 is 5.73 Å². The van der Waals surface area contributed by atoms with Crippen molar-refractivity contribution in [1.82, 2.24) is 4.90 Å². The lowest BCUT2D eigenvalue weighted by Crippen LogP contribution is -2.46. The van der Waals surface area contributed by atoms with Crippen molar-refractivity contribution in [3.63, 3.8) is 0 Å². The minimum atomic E-state index is 0.108. The van der Waals surface area contributed by atoms with Crippen LogP contribution in [0.2, 0.25) is 0 Å². The molecule has 2 bridgehead atoms. The maximum atomic E-state index is 12.5. The Morgan fingerprint density at radius 1 is 1.32 bits per heavy atom. The first-order valence-electron chi connectivity index (χ1n) is 7.76. The van der Waals surface area contributed by atoms with Crippen LogP contribution in [0.3, 0.4) is 0 Å². The number of nitrogens with zero attached hydrogens (tertiary/aromatic N) is 1. The molecule has 4 unspecified atom stereocenters. The molecule has 3 nitrogen and oxygen atoms in total. The fourth-order valence-electron chi connectivity index (χ4n) is 3.88. The Morgan fingerprint density at radius 2 is 2.05 bits per heavy atom. The van der Waals surface area contributed by atoms with Crippen LogP contribution in [-0.4, -0.2) is 30.4 Å². The van der Waals surface area contributed by atoms with E-state index < -0.39 is 0 Å². The van der Waals surface area contributed by atoms with Gasteiger partial charge in [0, 0.05) is 19.6 Å². The molecule has 3 heteroatoms. The maximum absolute atomic E-state index is 12.5. The van der Waals surface area contributed by atoms with Crippen LogP contribution in [0.1, 0.15) is 44.9 Å². The van der Waals surface area contributed by atoms with E-state index in [9.17, 15) is 4.79 Å². The molecular formula is C16H28N2O. The predicted octanol–water partition coefficient (Wildman–Crippen LogP) is 2.56. The van der Waals surface area contributed by atoms with Crippen molar-refractivity contribution < 1.29 is 4.79 Å². The molecule has 2 N–H and O–H groups in total. The molecule has 108 valence electrons. The zero-order valence-electron chi connectivity index (χ0n) is 12.2. The van der Waals surface area contributed by atoms with Gasteiger partial charge < -0.3 is 10.6 Å². The first-order valence-corrected chi connectivity index (χ1v) is 7.76. The average Bonchev–Trinajstić information content (AvgIpc) is 2.98. The normalized spacial score (nSPS) is 32.5. The highest BCUT2D eigenvalue weighted by atomic mass is 16.2. The van der Waals surface area contributed by atoms with E-state index in [2.05, 4.69) is 6.58 Å². The monoisotopic (exact) mass is 264 g/mol. The van der Waals surface area contributed by atoms with Gasteiger partial charge in [-0.25, -0.2) is 0 Å². The Hall–Kier alpha value is -0.830. The van der Waals surface area contributed by atoms with Gasteiger partial charge in [0.15, 0.2) is 0 Å². The number of rotatable bonds is 7. The van der Waals surface area contributed by atoms with Gasteiger partial charge in [-0.1, -0.05) is 12.5 Å². The second kappa shape index (κ2) is 6.56. The molecule has 0 aromatic heterocycles. The molecule has 2 rings (SSSR count). The van der Waals surface area contributed by atoms with Crippen LogP contribution in [0.25, 0.3) is 0 Å². The van der Waals surface area contributed by atoms with Crippen molar-refractivity contribution in [2.24, 2.45) is 23.5 Å². The fraction of sp³-hybridized carbons (Fsp3) is 0.812. The third-order valence-corrected chi connectivity index (χ3v) is 5.04. The summed E-state index contributed by atoms with van der Waals surface area (Å²) in [5, 5.41) is 0. The van der Waals surface area contributed by atoms with Gasteiger partial charge in [0.1, 0.15) is 0 Å². The largest absolute Gasteiger partial charge is 0.345 e. The van der Waals surface area contributed by atoms with Gasteiger partial charge in [0.2, 0.25) is 5.91 Å². The molecule has 2 saturated carbocycles. The lowest BCUT2D eigenvalue weighted by atomic mass is 9.84. The SMILES string of the molecule is C=CCCCCCN(C)C(=O)C1C2CCC(C2)C1N. The van der Waals surface area contributed by atoms with Crippen molar-refractivity contribution >= 4 is 5.91 Å². The van der Waals surface area contributed by atoms with Gasteiger partial charge in [-0.15, -0.1) is 6.58 Å². The number of unbranched alkanes of at least 4 members (excludes halogenated alkanes) is 3. The highest BCUT2D eigenvalue weighted by molar-refractivity contribution is 5.80. The van der Waals surface area contributed by atoms with Gasteiger partial charge in [-0.3, -0.25) is 4.79 Å². The average molecular weight is 264 g/mol. The van der Waals surface area contributed by atoms with Crippen LogP contribution in [0.5, 0.6) is 0 Å². The minimum absolute atomic E-state index is 0.108. The summed E-state index contributed by atoms with van der Waals surface area (Å²) in [6.07, 6.45) is 10.1. The van der Waals surface area contributed by atoms with E-state index in [4.69, 9.17) is 5.73 Å². The Balaban J connectivity index is 1.74. The van der Waals surface area contributed by atoms with E-state index in [1.54, 1.807) is 0 Å². The van der Waals surface area contributed by atoms with E-state index in [0.717, 1.165) is 19.4 Å². The third kappa shape index (κ3) is 3.19. The Bertz CT molecular complexity index is 327. The fourth-order valence-corrected chi connectivity index (χ4v) is 3.88. The van der Waals surface area contributed by atoms with E-state index in [0.29, 0.717) is 17.7 Å². The van der Waals surface area contributed by atoms with Gasteiger partial charge in [-0.2, -0.15) is 0 Å². The number of nitrogens with two attached hydrogens (primary N) is 1. The zero-order valence-corrected chi connectivity index (χ0v) is 12.2. The molecular weight excluding hydrogens is 236 g/mol. The van der Waals surface area contributed by atoms with Gasteiger partial charge >= 0.3 is 0 Å². The minimum Gasteiger partial charge on any atom is -0.345 e. The molecule has 0 aromatic rings. The van der Waals surface area contributed by atoms with Crippen LogP contribution in [0, 0.1) is 17.8 Å². The van der Waals surface area contributed by atoms with Gasteiger partial charge in [-0.05, 0) is 50.4 Å². The third-order valence-electron chi connectivity index (χ3n) is 5.04. The highest BCUT2D eigenvalue weighted by Gasteiger charge is 2.49. The van der Waals surface area contributed by atoms with Gasteiger partial charge in [0.25, 0.3) is 0 Å². The smallest absolute Gasteiger partial charge is 0.227 e. The molecule has 19 heavy (non-hydrogen) atoms. The summed E-state index contributed by atoms with van der Waals surface area (Å²) in [6.45, 7) is 4.60. The Labute approximate surface area is 117 Å². The summed E-state index contributed by atoms with van der Waals surface area (Å²) in [4.78, 5) is 14.4. The summed E-state index contributed by atoms with van der Waals surface area (Å²) in [6, 6.07) is 0.120. The topological polar surface area (TPSA) is 46.3 Å². The molecule has 0 radical (unpaired) electrons. The van der Waals surface area contributed by atoms with E-state index in [1.165, 1.54) is 32.1 Å². The van der Waals surface area contributed by atoms with Crippen LogP contribution in [-0.2, 0) is 4.79 Å². The molecule has 2 aliphatic rings. The summed E-state index contributed by atoms with van der Waals surface area (Å²) < 4.78 is 0. The summed E-state index contributed by atoms with van der Waals surface area (Å²) >= 11 is 0. The van der Waals surface area contributed by atoms with E-state index >= 15 is 0 Å². The maximum Gasteiger partial charge on any atom is 0.227 e. The molecule has 2 aliphatic carbocycles. The number of hydrogen-bond acceptors (Lipinski definition) is 2. The predicted molar refractivity (Wildman–Crippen MR) is 78.6 cm³/mol. The summed E-state index contributed by atoms with van der Waals surface area (Å²) in [7, 11) is 1.94. The van der Waals surface area contributed by atoms with Crippen LogP contribution in [0.15, 0.2) is 12.7 Å². The molecule has 0 aromatic carbocycles. The molecule has 0 spiro atoms. The lowest BCUT2D eigenvalue weighted by Gasteiger charge is -2.30. The zero-order chi connectivity index (χ0) is 13.8. The quantitative estimate of drug-likeness (QED) is 0.567. The van der Waals surface area contributed by atoms with Crippen molar-refractivity contribution in [3.05, 3.63) is 12.7 Å². The standard InChI is InChI=1S/C16H28N2O/c1-3-4-5-6-7-10-18(2)16(19)14-12-8-9-13(11-12)15(14)17/h3,12-15H,1,4-11,17H2,2H3. The number of amides is 1. The van der Waals surface area contributed by atoms with E-state index in [1.807, 2.05) is 18.0 Å². The number of fused-ring (bicyclic) bond motifs is 2. The second-order valence-corrected chi connectivity index (χ2v) is 6.33. The summed E-state index contributed by atoms with van der Waals surface area (Å²) in [5.74, 6) is 1.58. The van der Waals surface area contributed by atoms with Gasteiger partial charge in [0.05, 0.1) is 5.92 Å². The van der Waals surface area contributed by atoms with Crippen LogP contribution in [0.4, 0.5) is 0 Å². The molecule has 4 atom stereocenters. The molecule has 2 fully saturated rings. The Morgan fingerprint density at radius 3 is 2.68 bits per heavy atom. The first-order chi connectivity index (χ1) is 9.15. The number of allylic oxidation sites excluding steroid dienone is 1. The number of carbonyl (C=O) groups excluding carboxylic acids is 1. The van der Waals surface area contributed by atoms with Crippen molar-refractivity contribution in [2.75, 3.05) is 13.6 Å². The molecule has 0 heterocycles. The van der Waals surface area contributed by atoms with E-state index in [-0.39, 0.29) is 12.0 Å². The van der Waals surface area contributed by atoms with Crippen molar-refractivity contribution in [1.29, 1.82) is 0 Å². The molecule has 0 saturated heterocycles. The highest BCUT2D eigenvalue weighted by Crippen LogP contribution is 2.48. The first kappa shape index (κ1) is 14.6. The van der Waals surface area contributed by atoms with Crippen molar-refractivity contribution in [3.8, 4) is 0 Å². The molecule has 1 amide bonds. The number of carbonyl (C=O) groups is 1. The second-order valence-electron chi connectivity index (χ2n) is 6.33. The van der Waals surface area contributed by atoms with Crippen molar-refractivity contribution in [2.45, 2.75) is 51.0 Å². The Kier molecular flexibility index (Phi) is 5.03. The van der Waals surface area contributed by atoms with Crippen LogP contribution >= 0.6 is 0 Å².